The molecule has 0 saturated carbocycles. The predicted molar refractivity (Wildman–Crippen MR) is 101 cm³/mol. The smallest absolute Gasteiger partial charge is 0.266 e. The molecule has 7 heteroatoms. The predicted octanol–water partition coefficient (Wildman–Crippen LogP) is 1.72. The van der Waals surface area contributed by atoms with E-state index in [4.69, 9.17) is 0 Å². The summed E-state index contributed by atoms with van der Waals surface area (Å²) in [4.78, 5) is 18.5. The van der Waals surface area contributed by atoms with Crippen LogP contribution in [0, 0.1) is 5.92 Å². The fraction of sp³-hybridized carbons (Fsp3) is 0.350. The van der Waals surface area contributed by atoms with Gasteiger partial charge in [0.1, 0.15) is 0 Å². The summed E-state index contributed by atoms with van der Waals surface area (Å²) in [6, 6.07) is 9.33. The monoisotopic (exact) mass is 360 g/mol. The fourth-order valence-corrected chi connectivity index (χ4v) is 3.84. The van der Waals surface area contributed by atoms with E-state index in [1.54, 1.807) is 29.2 Å². The van der Waals surface area contributed by atoms with E-state index >= 15 is 0 Å². The molecular formula is C20H20N6O. The van der Waals surface area contributed by atoms with Crippen LogP contribution in [0.25, 0.3) is 11.3 Å². The molecule has 5 rings (SSSR count). The number of aromatic nitrogens is 5. The standard InChI is InChI=1S/C20H20N6O/c27-20-5-4-18(15-6-8-21-9-7-15)24-26(20)13-14-11-25(12-14)19-10-16-2-1-3-17(16)22-23-19/h4-10,14H,1-3,11-13H2. The van der Waals surface area contributed by atoms with E-state index in [0.717, 1.165) is 48.7 Å². The van der Waals surface area contributed by atoms with Crippen molar-refractivity contribution in [3.8, 4) is 11.3 Å². The average molecular weight is 360 g/mol. The highest BCUT2D eigenvalue weighted by atomic mass is 16.1. The van der Waals surface area contributed by atoms with Gasteiger partial charge < -0.3 is 4.90 Å². The summed E-state index contributed by atoms with van der Waals surface area (Å²) in [7, 11) is 0. The van der Waals surface area contributed by atoms with Crippen LogP contribution >= 0.6 is 0 Å². The zero-order valence-corrected chi connectivity index (χ0v) is 15.0. The third-order valence-electron chi connectivity index (χ3n) is 5.36. The van der Waals surface area contributed by atoms with E-state index in [-0.39, 0.29) is 5.56 Å². The first-order chi connectivity index (χ1) is 13.3. The molecule has 0 spiro atoms. The first-order valence-corrected chi connectivity index (χ1v) is 9.35. The van der Waals surface area contributed by atoms with Crippen molar-refractivity contribution in [3.63, 3.8) is 0 Å². The van der Waals surface area contributed by atoms with Crippen molar-refractivity contribution < 1.29 is 0 Å². The van der Waals surface area contributed by atoms with Gasteiger partial charge in [0.2, 0.25) is 0 Å². The van der Waals surface area contributed by atoms with E-state index in [2.05, 4.69) is 31.2 Å². The number of anilines is 1. The highest BCUT2D eigenvalue weighted by Crippen LogP contribution is 2.27. The van der Waals surface area contributed by atoms with E-state index in [9.17, 15) is 4.79 Å². The van der Waals surface area contributed by atoms with Crippen LogP contribution in [0.15, 0.2) is 47.5 Å². The van der Waals surface area contributed by atoms with Gasteiger partial charge in [-0.1, -0.05) is 0 Å². The van der Waals surface area contributed by atoms with Gasteiger partial charge in [-0.3, -0.25) is 9.78 Å². The SMILES string of the molecule is O=c1ccc(-c2ccncc2)nn1CC1CN(c2cc3c(nn2)CCC3)C1. The lowest BCUT2D eigenvalue weighted by atomic mass is 10.00. The molecule has 1 aliphatic carbocycles. The minimum atomic E-state index is -0.0661. The summed E-state index contributed by atoms with van der Waals surface area (Å²) in [6.45, 7) is 2.37. The molecule has 2 aliphatic rings. The number of hydrogen-bond acceptors (Lipinski definition) is 6. The second-order valence-corrected chi connectivity index (χ2v) is 7.27. The second kappa shape index (κ2) is 6.57. The van der Waals surface area contributed by atoms with Crippen LogP contribution in [-0.4, -0.2) is 38.1 Å². The fourth-order valence-electron chi connectivity index (χ4n) is 3.84. The van der Waals surface area contributed by atoms with Crippen molar-refractivity contribution in [2.24, 2.45) is 5.92 Å². The number of rotatable bonds is 4. The molecule has 3 aromatic rings. The third kappa shape index (κ3) is 3.09. The number of fused-ring (bicyclic) bond motifs is 1. The molecule has 1 saturated heterocycles. The molecule has 1 aliphatic heterocycles. The molecule has 0 atom stereocenters. The van der Waals surface area contributed by atoms with Crippen LogP contribution < -0.4 is 10.5 Å². The summed E-state index contributed by atoms with van der Waals surface area (Å²) in [5.41, 5.74) is 4.18. The molecule has 0 amide bonds. The highest BCUT2D eigenvalue weighted by Gasteiger charge is 2.29. The van der Waals surface area contributed by atoms with Gasteiger partial charge in [0, 0.05) is 43.0 Å². The average Bonchev–Trinajstić information content (AvgIpc) is 3.14. The Hall–Kier alpha value is -3.09. The maximum atomic E-state index is 12.2. The van der Waals surface area contributed by atoms with Gasteiger partial charge >= 0.3 is 0 Å². The molecule has 1 fully saturated rings. The summed E-state index contributed by atoms with van der Waals surface area (Å²) in [6.07, 6.45) is 6.80. The molecule has 136 valence electrons. The molecule has 0 bridgehead atoms. The molecule has 0 aromatic carbocycles. The highest BCUT2D eigenvalue weighted by molar-refractivity contribution is 5.57. The van der Waals surface area contributed by atoms with Gasteiger partial charge in [-0.15, -0.1) is 5.10 Å². The van der Waals surface area contributed by atoms with Crippen molar-refractivity contribution in [1.29, 1.82) is 0 Å². The first-order valence-electron chi connectivity index (χ1n) is 9.35. The molecule has 0 radical (unpaired) electrons. The number of aryl methyl sites for hydroxylation is 2. The lowest BCUT2D eigenvalue weighted by molar-refractivity contribution is 0.333. The van der Waals surface area contributed by atoms with Gasteiger partial charge in [0.25, 0.3) is 5.56 Å². The minimum absolute atomic E-state index is 0.0661. The maximum absolute atomic E-state index is 12.2. The summed E-state index contributed by atoms with van der Waals surface area (Å²) >= 11 is 0. The van der Waals surface area contributed by atoms with Gasteiger partial charge in [0.05, 0.1) is 17.9 Å². The number of pyridine rings is 1. The van der Waals surface area contributed by atoms with Crippen LogP contribution in [0.4, 0.5) is 5.82 Å². The van der Waals surface area contributed by atoms with Gasteiger partial charge in [-0.05, 0) is 49.1 Å². The van der Waals surface area contributed by atoms with E-state index in [0.29, 0.717) is 12.5 Å². The Morgan fingerprint density at radius 3 is 2.74 bits per heavy atom. The Morgan fingerprint density at radius 2 is 1.89 bits per heavy atom. The Bertz CT molecular complexity index is 1030. The summed E-state index contributed by atoms with van der Waals surface area (Å²) < 4.78 is 1.58. The van der Waals surface area contributed by atoms with Crippen molar-refractivity contribution in [2.45, 2.75) is 25.8 Å². The van der Waals surface area contributed by atoms with Crippen molar-refractivity contribution in [3.05, 3.63) is 64.3 Å². The van der Waals surface area contributed by atoms with Crippen molar-refractivity contribution in [1.82, 2.24) is 25.0 Å². The van der Waals surface area contributed by atoms with E-state index < -0.39 is 0 Å². The lowest BCUT2D eigenvalue weighted by Gasteiger charge is -2.40. The molecule has 27 heavy (non-hydrogen) atoms. The summed E-state index contributed by atoms with van der Waals surface area (Å²) in [5, 5.41) is 13.3. The molecular weight excluding hydrogens is 340 g/mol. The maximum Gasteiger partial charge on any atom is 0.266 e. The number of hydrogen-bond donors (Lipinski definition) is 0. The lowest BCUT2D eigenvalue weighted by Crippen LogP contribution is -2.50. The third-order valence-corrected chi connectivity index (χ3v) is 5.36. The normalized spacial score (nSPS) is 16.2. The first kappa shape index (κ1) is 16.1. The molecule has 0 unspecified atom stereocenters. The van der Waals surface area contributed by atoms with Gasteiger partial charge in [-0.25, -0.2) is 4.68 Å². The van der Waals surface area contributed by atoms with E-state index in [1.165, 1.54) is 12.0 Å². The van der Waals surface area contributed by atoms with Crippen molar-refractivity contribution in [2.75, 3.05) is 18.0 Å². The molecule has 0 N–H and O–H groups in total. The minimum Gasteiger partial charge on any atom is -0.354 e. The second-order valence-electron chi connectivity index (χ2n) is 7.27. The topological polar surface area (TPSA) is 76.8 Å². The number of nitrogens with zero attached hydrogens (tertiary/aromatic N) is 6. The van der Waals surface area contributed by atoms with Crippen molar-refractivity contribution >= 4 is 5.82 Å². The molecule has 7 nitrogen and oxygen atoms in total. The van der Waals surface area contributed by atoms with Crippen LogP contribution in [-0.2, 0) is 19.4 Å². The Labute approximate surface area is 156 Å². The Kier molecular flexibility index (Phi) is 3.92. The van der Waals surface area contributed by atoms with Crippen LogP contribution in [0.1, 0.15) is 17.7 Å². The van der Waals surface area contributed by atoms with Crippen LogP contribution in [0.2, 0.25) is 0 Å². The largest absolute Gasteiger partial charge is 0.354 e. The Balaban J connectivity index is 1.28. The van der Waals surface area contributed by atoms with Crippen LogP contribution in [0.5, 0.6) is 0 Å². The molecule has 4 heterocycles. The van der Waals surface area contributed by atoms with E-state index in [1.807, 2.05) is 12.1 Å². The Morgan fingerprint density at radius 1 is 1.04 bits per heavy atom. The zero-order valence-electron chi connectivity index (χ0n) is 15.0. The summed E-state index contributed by atoms with van der Waals surface area (Å²) in [5.74, 6) is 1.34. The van der Waals surface area contributed by atoms with Gasteiger partial charge in [0.15, 0.2) is 5.82 Å². The molecule has 3 aromatic heterocycles. The van der Waals surface area contributed by atoms with Gasteiger partial charge in [-0.2, -0.15) is 10.2 Å². The quantitative estimate of drug-likeness (QED) is 0.705. The zero-order chi connectivity index (χ0) is 18.2. The van der Waals surface area contributed by atoms with Crippen LogP contribution in [0.3, 0.4) is 0 Å².